The summed E-state index contributed by atoms with van der Waals surface area (Å²) in [6, 6.07) is 9.85. The minimum absolute atomic E-state index is 0.511. The van der Waals surface area contributed by atoms with Crippen molar-refractivity contribution in [3.63, 3.8) is 0 Å². The fourth-order valence-electron chi connectivity index (χ4n) is 1.88. The van der Waals surface area contributed by atoms with Gasteiger partial charge in [-0.1, -0.05) is 18.2 Å². The predicted octanol–water partition coefficient (Wildman–Crippen LogP) is 2.32. The van der Waals surface area contributed by atoms with Gasteiger partial charge in [0.2, 0.25) is 0 Å². The quantitative estimate of drug-likeness (QED) is 0.777. The van der Waals surface area contributed by atoms with Crippen molar-refractivity contribution in [2.45, 2.75) is 12.5 Å². The summed E-state index contributed by atoms with van der Waals surface area (Å²) in [5, 5.41) is 11.1. The summed E-state index contributed by atoms with van der Waals surface area (Å²) >= 11 is 0. The second-order valence-corrected chi connectivity index (χ2v) is 4.37. The molecule has 2 aromatic rings. The number of nitrogens with zero attached hydrogens (tertiary/aromatic N) is 1. The molecule has 0 aliphatic heterocycles. The molecule has 0 saturated carbocycles. The molecule has 0 bridgehead atoms. The highest BCUT2D eigenvalue weighted by Gasteiger charge is 2.08. The van der Waals surface area contributed by atoms with E-state index in [9.17, 15) is 5.11 Å². The van der Waals surface area contributed by atoms with Crippen LogP contribution in [0.25, 0.3) is 10.9 Å². The molecule has 0 fully saturated rings. The fraction of sp³-hybridized carbons (Fsp3) is 0.400. The van der Waals surface area contributed by atoms with E-state index in [-0.39, 0.29) is 0 Å². The molecule has 2 rings (SSSR count). The number of aliphatic hydroxyl groups is 1. The van der Waals surface area contributed by atoms with Gasteiger partial charge >= 0.3 is 0 Å². The minimum atomic E-state index is -0.542. The first-order valence-corrected chi connectivity index (χ1v) is 6.40. The molecule has 1 aromatic heterocycles. The molecule has 102 valence electrons. The lowest BCUT2D eigenvalue weighted by Crippen LogP contribution is -2.07. The number of hydrogen-bond acceptors (Lipinski definition) is 4. The first kappa shape index (κ1) is 13.9. The van der Waals surface area contributed by atoms with E-state index < -0.39 is 6.10 Å². The number of aromatic nitrogens is 1. The Morgan fingerprint density at radius 3 is 2.89 bits per heavy atom. The molecule has 1 unspecified atom stereocenters. The Hall–Kier alpha value is -1.49. The molecular weight excluding hydrogens is 242 g/mol. The number of benzene rings is 1. The number of aliphatic hydroxyl groups excluding tert-OH is 1. The van der Waals surface area contributed by atoms with Crippen LogP contribution in [-0.4, -0.2) is 37.0 Å². The Morgan fingerprint density at radius 1 is 1.21 bits per heavy atom. The first-order chi connectivity index (χ1) is 9.31. The average molecular weight is 261 g/mol. The van der Waals surface area contributed by atoms with Crippen molar-refractivity contribution in [1.29, 1.82) is 0 Å². The number of fused-ring (bicyclic) bond motifs is 1. The molecule has 1 heterocycles. The van der Waals surface area contributed by atoms with Crippen molar-refractivity contribution in [2.24, 2.45) is 0 Å². The highest BCUT2D eigenvalue weighted by molar-refractivity contribution is 5.78. The van der Waals surface area contributed by atoms with E-state index in [1.165, 1.54) is 0 Å². The van der Waals surface area contributed by atoms with Gasteiger partial charge < -0.3 is 14.6 Å². The zero-order valence-electron chi connectivity index (χ0n) is 11.1. The zero-order chi connectivity index (χ0) is 13.5. The maximum atomic E-state index is 10.1. The summed E-state index contributed by atoms with van der Waals surface area (Å²) in [6.07, 6.45) is 1.74. The molecule has 0 amide bonds. The Morgan fingerprint density at radius 2 is 2.05 bits per heavy atom. The summed E-state index contributed by atoms with van der Waals surface area (Å²) in [5.74, 6) is 0. The van der Waals surface area contributed by atoms with Crippen LogP contribution in [-0.2, 0) is 9.47 Å². The van der Waals surface area contributed by atoms with E-state index in [1.807, 2.05) is 30.3 Å². The maximum absolute atomic E-state index is 10.1. The lowest BCUT2D eigenvalue weighted by Gasteiger charge is -2.11. The molecule has 4 nitrogen and oxygen atoms in total. The number of ether oxygens (including phenoxy) is 2. The van der Waals surface area contributed by atoms with Gasteiger partial charge in [0.15, 0.2) is 0 Å². The molecule has 4 heteroatoms. The van der Waals surface area contributed by atoms with E-state index in [0.717, 1.165) is 16.5 Å². The molecule has 1 N–H and O–H groups in total. The molecule has 1 aromatic carbocycles. The molecule has 1 atom stereocenters. The molecule has 19 heavy (non-hydrogen) atoms. The van der Waals surface area contributed by atoms with Crippen molar-refractivity contribution in [1.82, 2.24) is 4.98 Å². The molecule has 0 spiro atoms. The van der Waals surface area contributed by atoms with Crippen LogP contribution in [0.3, 0.4) is 0 Å². The molecule has 0 radical (unpaired) electrons. The normalized spacial score (nSPS) is 12.7. The number of hydrogen-bond donors (Lipinski definition) is 1. The third-order valence-corrected chi connectivity index (χ3v) is 2.96. The lowest BCUT2D eigenvalue weighted by atomic mass is 10.1. The minimum Gasteiger partial charge on any atom is -0.388 e. The van der Waals surface area contributed by atoms with Crippen LogP contribution in [0, 0.1) is 0 Å². The summed E-state index contributed by atoms with van der Waals surface area (Å²) in [7, 11) is 1.64. The van der Waals surface area contributed by atoms with Gasteiger partial charge in [0.25, 0.3) is 0 Å². The second-order valence-electron chi connectivity index (χ2n) is 4.37. The van der Waals surface area contributed by atoms with Gasteiger partial charge in [-0.3, -0.25) is 4.98 Å². The Kier molecular flexibility index (Phi) is 5.27. The SMILES string of the molecule is COCCOCCC(O)c1cnc2ccccc2c1. The predicted molar refractivity (Wildman–Crippen MR) is 74.0 cm³/mol. The van der Waals surface area contributed by atoms with E-state index in [4.69, 9.17) is 9.47 Å². The van der Waals surface area contributed by atoms with Gasteiger partial charge in [0, 0.05) is 31.7 Å². The van der Waals surface area contributed by atoms with Crippen LogP contribution in [0.2, 0.25) is 0 Å². The van der Waals surface area contributed by atoms with Gasteiger partial charge in [0.1, 0.15) is 0 Å². The number of para-hydroxylation sites is 1. The van der Waals surface area contributed by atoms with E-state index in [1.54, 1.807) is 13.3 Å². The van der Waals surface area contributed by atoms with Gasteiger partial charge in [-0.15, -0.1) is 0 Å². The van der Waals surface area contributed by atoms with Crippen molar-refractivity contribution < 1.29 is 14.6 Å². The maximum Gasteiger partial charge on any atom is 0.0827 e. The standard InChI is InChI=1S/C15H19NO3/c1-18-8-9-19-7-6-15(17)13-10-12-4-2-3-5-14(12)16-11-13/h2-5,10-11,15,17H,6-9H2,1H3. The fourth-order valence-corrected chi connectivity index (χ4v) is 1.88. The van der Waals surface area contributed by atoms with Crippen molar-refractivity contribution >= 4 is 10.9 Å². The monoisotopic (exact) mass is 261 g/mol. The smallest absolute Gasteiger partial charge is 0.0827 e. The van der Waals surface area contributed by atoms with Crippen LogP contribution in [0.15, 0.2) is 36.5 Å². The molecule has 0 aliphatic rings. The van der Waals surface area contributed by atoms with Gasteiger partial charge in [-0.2, -0.15) is 0 Å². The lowest BCUT2D eigenvalue weighted by molar-refractivity contribution is 0.0475. The van der Waals surface area contributed by atoms with Crippen LogP contribution < -0.4 is 0 Å². The Bertz CT molecular complexity index is 515. The van der Waals surface area contributed by atoms with E-state index in [2.05, 4.69) is 4.98 Å². The van der Waals surface area contributed by atoms with Crippen molar-refractivity contribution in [2.75, 3.05) is 26.9 Å². The Balaban J connectivity index is 1.91. The highest BCUT2D eigenvalue weighted by atomic mass is 16.5. The van der Waals surface area contributed by atoms with Gasteiger partial charge in [0.05, 0.1) is 24.8 Å². The van der Waals surface area contributed by atoms with Crippen molar-refractivity contribution in [3.05, 3.63) is 42.1 Å². The summed E-state index contributed by atoms with van der Waals surface area (Å²) < 4.78 is 10.2. The van der Waals surface area contributed by atoms with Gasteiger partial charge in [-0.25, -0.2) is 0 Å². The van der Waals surface area contributed by atoms with E-state index >= 15 is 0 Å². The zero-order valence-corrected chi connectivity index (χ0v) is 11.1. The summed E-state index contributed by atoms with van der Waals surface area (Å²) in [6.45, 7) is 1.64. The van der Waals surface area contributed by atoms with Crippen molar-refractivity contribution in [3.8, 4) is 0 Å². The largest absolute Gasteiger partial charge is 0.388 e. The third kappa shape index (κ3) is 3.99. The highest BCUT2D eigenvalue weighted by Crippen LogP contribution is 2.20. The molecule has 0 saturated heterocycles. The molecular formula is C15H19NO3. The molecule has 0 aliphatic carbocycles. The second kappa shape index (κ2) is 7.19. The summed E-state index contributed by atoms with van der Waals surface area (Å²) in [5.41, 5.74) is 1.77. The topological polar surface area (TPSA) is 51.6 Å². The van der Waals surface area contributed by atoms with Crippen LogP contribution in [0.5, 0.6) is 0 Å². The third-order valence-electron chi connectivity index (χ3n) is 2.96. The average Bonchev–Trinajstić information content (AvgIpc) is 2.46. The Labute approximate surface area is 113 Å². The number of rotatable bonds is 7. The first-order valence-electron chi connectivity index (χ1n) is 6.40. The van der Waals surface area contributed by atoms with E-state index in [0.29, 0.717) is 26.2 Å². The van der Waals surface area contributed by atoms with Gasteiger partial charge in [-0.05, 0) is 17.7 Å². The van der Waals surface area contributed by atoms with Crippen LogP contribution in [0.4, 0.5) is 0 Å². The number of methoxy groups -OCH3 is 1. The van der Waals surface area contributed by atoms with Crippen LogP contribution >= 0.6 is 0 Å². The van der Waals surface area contributed by atoms with Crippen LogP contribution in [0.1, 0.15) is 18.1 Å². The summed E-state index contributed by atoms with van der Waals surface area (Å²) in [4.78, 5) is 4.34. The number of pyridine rings is 1.